The molecule has 1 aliphatic rings. The molecule has 1 aromatic heterocycles. The summed E-state index contributed by atoms with van der Waals surface area (Å²) < 4.78 is 5.31. The van der Waals surface area contributed by atoms with Gasteiger partial charge in [-0.2, -0.15) is 0 Å². The van der Waals surface area contributed by atoms with E-state index >= 15 is 0 Å². The summed E-state index contributed by atoms with van der Waals surface area (Å²) in [6.07, 6.45) is 3.73. The molecule has 0 N–H and O–H groups in total. The lowest BCUT2D eigenvalue weighted by Crippen LogP contribution is -2.37. The normalized spacial score (nSPS) is 17.9. The fourth-order valence-electron chi connectivity index (χ4n) is 1.55. The zero-order chi connectivity index (χ0) is 10.3. The number of thioether (sulfide) groups is 1. The molecule has 1 fully saturated rings. The minimum absolute atomic E-state index is 0.886. The van der Waals surface area contributed by atoms with Gasteiger partial charge in [0.2, 0.25) is 0 Å². The fraction of sp³-hybridized carbons (Fsp3) is 0.545. The molecule has 0 atom stereocenters. The molecule has 0 aliphatic carbocycles. The molecule has 0 radical (unpaired) electrons. The van der Waals surface area contributed by atoms with Crippen molar-refractivity contribution in [3.63, 3.8) is 0 Å². The molecule has 82 valence electrons. The van der Waals surface area contributed by atoms with Crippen molar-refractivity contribution in [2.45, 2.75) is 4.90 Å². The van der Waals surface area contributed by atoms with Crippen LogP contribution in [0.5, 0.6) is 0 Å². The maximum Gasteiger partial charge on any atom is 0.0594 e. The van der Waals surface area contributed by atoms with Gasteiger partial charge in [-0.1, -0.05) is 0 Å². The van der Waals surface area contributed by atoms with Crippen LogP contribution in [-0.2, 0) is 4.74 Å². The van der Waals surface area contributed by atoms with Gasteiger partial charge in [0.25, 0.3) is 0 Å². The first-order valence-electron chi connectivity index (χ1n) is 5.28. The van der Waals surface area contributed by atoms with Crippen molar-refractivity contribution < 1.29 is 4.74 Å². The van der Waals surface area contributed by atoms with E-state index in [1.807, 2.05) is 30.2 Å². The number of rotatable bonds is 4. The van der Waals surface area contributed by atoms with Crippen molar-refractivity contribution in [1.82, 2.24) is 9.88 Å². The summed E-state index contributed by atoms with van der Waals surface area (Å²) >= 11 is 1.87. The van der Waals surface area contributed by atoms with Crippen LogP contribution in [-0.4, -0.2) is 48.5 Å². The second kappa shape index (κ2) is 6.10. The smallest absolute Gasteiger partial charge is 0.0594 e. The third-order valence-electron chi connectivity index (χ3n) is 2.41. The largest absolute Gasteiger partial charge is 0.379 e. The lowest BCUT2D eigenvalue weighted by Gasteiger charge is -2.26. The first kappa shape index (κ1) is 10.9. The highest BCUT2D eigenvalue weighted by Crippen LogP contribution is 2.15. The van der Waals surface area contributed by atoms with Gasteiger partial charge in [0, 0.05) is 42.7 Å². The van der Waals surface area contributed by atoms with Crippen molar-refractivity contribution in [2.24, 2.45) is 0 Å². The summed E-state index contributed by atoms with van der Waals surface area (Å²) in [7, 11) is 0. The van der Waals surface area contributed by atoms with Gasteiger partial charge in [-0.15, -0.1) is 11.8 Å². The Bertz CT molecular complexity index is 275. The molecule has 2 heterocycles. The topological polar surface area (TPSA) is 25.4 Å². The molecule has 0 bridgehead atoms. The summed E-state index contributed by atoms with van der Waals surface area (Å²) in [6.45, 7) is 5.07. The molecule has 0 spiro atoms. The van der Waals surface area contributed by atoms with Crippen molar-refractivity contribution in [3.05, 3.63) is 24.5 Å². The fourth-order valence-corrected chi connectivity index (χ4v) is 2.45. The summed E-state index contributed by atoms with van der Waals surface area (Å²) in [5.41, 5.74) is 0. The Balaban J connectivity index is 1.66. The second-order valence-electron chi connectivity index (χ2n) is 3.49. The Morgan fingerprint density at radius 3 is 3.00 bits per heavy atom. The Kier molecular flexibility index (Phi) is 4.44. The molecule has 1 saturated heterocycles. The van der Waals surface area contributed by atoms with E-state index in [1.54, 1.807) is 0 Å². The van der Waals surface area contributed by atoms with Crippen molar-refractivity contribution >= 4 is 11.8 Å². The zero-order valence-corrected chi connectivity index (χ0v) is 9.58. The van der Waals surface area contributed by atoms with E-state index in [4.69, 9.17) is 4.74 Å². The van der Waals surface area contributed by atoms with Crippen LogP contribution in [0, 0.1) is 0 Å². The minimum Gasteiger partial charge on any atom is -0.379 e. The first-order chi connectivity index (χ1) is 7.45. The first-order valence-corrected chi connectivity index (χ1v) is 6.26. The van der Waals surface area contributed by atoms with Crippen LogP contribution in [0.4, 0.5) is 0 Å². The number of morpholine rings is 1. The third-order valence-corrected chi connectivity index (χ3v) is 3.38. The lowest BCUT2D eigenvalue weighted by atomic mass is 10.4. The van der Waals surface area contributed by atoms with Gasteiger partial charge in [0.1, 0.15) is 0 Å². The quantitative estimate of drug-likeness (QED) is 0.724. The highest BCUT2D eigenvalue weighted by molar-refractivity contribution is 7.99. The van der Waals surface area contributed by atoms with E-state index in [9.17, 15) is 0 Å². The van der Waals surface area contributed by atoms with Gasteiger partial charge in [-0.3, -0.25) is 9.88 Å². The van der Waals surface area contributed by atoms with Gasteiger partial charge >= 0.3 is 0 Å². The lowest BCUT2D eigenvalue weighted by molar-refractivity contribution is 0.0410. The predicted molar refractivity (Wildman–Crippen MR) is 62.2 cm³/mol. The molecule has 2 rings (SSSR count). The Hall–Kier alpha value is -0.580. The molecule has 15 heavy (non-hydrogen) atoms. The number of aromatic nitrogens is 1. The van der Waals surface area contributed by atoms with Crippen LogP contribution in [0.3, 0.4) is 0 Å². The second-order valence-corrected chi connectivity index (χ2v) is 4.66. The van der Waals surface area contributed by atoms with E-state index in [1.165, 1.54) is 4.90 Å². The monoisotopic (exact) mass is 224 g/mol. The molecule has 4 heteroatoms. The molecule has 0 saturated carbocycles. The molecule has 0 amide bonds. The molecular weight excluding hydrogens is 208 g/mol. The SMILES string of the molecule is c1cncc(SCCN2CCOCC2)c1. The van der Waals surface area contributed by atoms with E-state index in [-0.39, 0.29) is 0 Å². The average molecular weight is 224 g/mol. The maximum absolute atomic E-state index is 5.31. The van der Waals surface area contributed by atoms with Gasteiger partial charge in [0.15, 0.2) is 0 Å². The van der Waals surface area contributed by atoms with Gasteiger partial charge in [0.05, 0.1) is 13.2 Å². The van der Waals surface area contributed by atoms with Gasteiger partial charge < -0.3 is 4.74 Å². The van der Waals surface area contributed by atoms with Gasteiger partial charge in [-0.05, 0) is 12.1 Å². The highest BCUT2D eigenvalue weighted by Gasteiger charge is 2.09. The van der Waals surface area contributed by atoms with Crippen LogP contribution < -0.4 is 0 Å². The number of pyridine rings is 1. The standard InChI is InChI=1S/C11H16N2OS/c1-2-11(10-12-3-1)15-9-6-13-4-7-14-8-5-13/h1-3,10H,4-9H2. The van der Waals surface area contributed by atoms with Crippen LogP contribution in [0.1, 0.15) is 0 Å². The number of nitrogens with zero attached hydrogens (tertiary/aromatic N) is 2. The number of hydrogen-bond acceptors (Lipinski definition) is 4. The summed E-state index contributed by atoms with van der Waals surface area (Å²) in [4.78, 5) is 7.80. The van der Waals surface area contributed by atoms with Crippen LogP contribution >= 0.6 is 11.8 Å². The van der Waals surface area contributed by atoms with E-state index in [0.717, 1.165) is 38.6 Å². The molecule has 1 aromatic rings. The summed E-state index contributed by atoms with van der Waals surface area (Å²) in [5, 5.41) is 0. The number of hydrogen-bond donors (Lipinski definition) is 0. The number of ether oxygens (including phenoxy) is 1. The summed E-state index contributed by atoms with van der Waals surface area (Å²) in [5.74, 6) is 1.13. The predicted octanol–water partition coefficient (Wildman–Crippen LogP) is 1.51. The van der Waals surface area contributed by atoms with Crippen LogP contribution in [0.15, 0.2) is 29.4 Å². The average Bonchev–Trinajstić information content (AvgIpc) is 2.32. The van der Waals surface area contributed by atoms with Crippen molar-refractivity contribution in [2.75, 3.05) is 38.6 Å². The molecular formula is C11H16N2OS. The van der Waals surface area contributed by atoms with E-state index < -0.39 is 0 Å². The van der Waals surface area contributed by atoms with Gasteiger partial charge in [-0.25, -0.2) is 0 Å². The Morgan fingerprint density at radius 1 is 1.40 bits per heavy atom. The summed E-state index contributed by atoms with van der Waals surface area (Å²) in [6, 6.07) is 4.09. The van der Waals surface area contributed by atoms with E-state index in [2.05, 4.69) is 16.0 Å². The van der Waals surface area contributed by atoms with Crippen molar-refractivity contribution in [3.8, 4) is 0 Å². The Morgan fingerprint density at radius 2 is 2.27 bits per heavy atom. The maximum atomic E-state index is 5.31. The molecule has 0 aromatic carbocycles. The Labute approximate surface area is 94.8 Å². The highest BCUT2D eigenvalue weighted by atomic mass is 32.2. The van der Waals surface area contributed by atoms with Crippen molar-refractivity contribution in [1.29, 1.82) is 0 Å². The van der Waals surface area contributed by atoms with Crippen LogP contribution in [0.2, 0.25) is 0 Å². The zero-order valence-electron chi connectivity index (χ0n) is 8.76. The third kappa shape index (κ3) is 3.81. The van der Waals surface area contributed by atoms with E-state index in [0.29, 0.717) is 0 Å². The minimum atomic E-state index is 0.886. The molecule has 1 aliphatic heterocycles. The molecule has 3 nitrogen and oxygen atoms in total. The van der Waals surface area contributed by atoms with Crippen LogP contribution in [0.25, 0.3) is 0 Å². The molecule has 0 unspecified atom stereocenters.